The van der Waals surface area contributed by atoms with E-state index in [9.17, 15) is 0 Å². The minimum absolute atomic E-state index is 0.00662. The van der Waals surface area contributed by atoms with Crippen molar-refractivity contribution in [2.24, 2.45) is 5.84 Å². The van der Waals surface area contributed by atoms with E-state index in [1.165, 1.54) is 23.8 Å². The fourth-order valence-corrected chi connectivity index (χ4v) is 3.69. The van der Waals surface area contributed by atoms with Gasteiger partial charge in [-0.25, -0.2) is 0 Å². The number of aromatic nitrogens is 1. The molecule has 0 amide bonds. The Morgan fingerprint density at radius 2 is 2.14 bits per heavy atom. The van der Waals surface area contributed by atoms with Gasteiger partial charge in [0.25, 0.3) is 0 Å². The number of hydrogen-bond donors (Lipinski definition) is 2. The molecule has 0 radical (unpaired) electrons. The van der Waals surface area contributed by atoms with Crippen LogP contribution in [-0.2, 0) is 4.74 Å². The van der Waals surface area contributed by atoms with Crippen molar-refractivity contribution in [2.45, 2.75) is 44.2 Å². The van der Waals surface area contributed by atoms with E-state index in [-0.39, 0.29) is 11.6 Å². The number of hydrazine groups is 1. The molecule has 1 unspecified atom stereocenters. The second-order valence-electron chi connectivity index (χ2n) is 5.75. The average molecular weight is 285 g/mol. The molecular formula is C17H23N3O. The highest BCUT2D eigenvalue weighted by atomic mass is 16.5. The van der Waals surface area contributed by atoms with Crippen molar-refractivity contribution in [3.05, 3.63) is 42.2 Å². The number of fused-ring (bicyclic) bond motifs is 1. The van der Waals surface area contributed by atoms with E-state index in [0.29, 0.717) is 6.61 Å². The summed E-state index contributed by atoms with van der Waals surface area (Å²) in [6.45, 7) is 2.76. The van der Waals surface area contributed by atoms with Gasteiger partial charge in [0, 0.05) is 24.4 Å². The lowest BCUT2D eigenvalue weighted by Gasteiger charge is -2.37. The molecule has 1 saturated carbocycles. The Labute approximate surface area is 125 Å². The Hall–Kier alpha value is -1.49. The number of nitrogens with one attached hydrogen (secondary N) is 1. The van der Waals surface area contributed by atoms with E-state index in [2.05, 4.69) is 35.5 Å². The molecule has 3 N–H and O–H groups in total. The van der Waals surface area contributed by atoms with Gasteiger partial charge in [0.2, 0.25) is 0 Å². The summed E-state index contributed by atoms with van der Waals surface area (Å²) in [6, 6.07) is 8.35. The van der Waals surface area contributed by atoms with Gasteiger partial charge >= 0.3 is 0 Å². The smallest absolute Gasteiger partial charge is 0.0889 e. The molecule has 0 aliphatic heterocycles. The highest BCUT2D eigenvalue weighted by Gasteiger charge is 2.43. The van der Waals surface area contributed by atoms with Gasteiger partial charge < -0.3 is 4.74 Å². The van der Waals surface area contributed by atoms with Crippen LogP contribution in [0.5, 0.6) is 0 Å². The van der Waals surface area contributed by atoms with E-state index in [4.69, 9.17) is 10.6 Å². The third-order valence-electron chi connectivity index (χ3n) is 4.60. The largest absolute Gasteiger partial charge is 0.373 e. The van der Waals surface area contributed by atoms with Crippen molar-refractivity contribution in [1.82, 2.24) is 10.4 Å². The fraction of sp³-hybridized carbons (Fsp3) is 0.471. The lowest BCUT2D eigenvalue weighted by molar-refractivity contribution is -0.0624. The highest BCUT2D eigenvalue weighted by Crippen LogP contribution is 2.44. The highest BCUT2D eigenvalue weighted by molar-refractivity contribution is 5.85. The van der Waals surface area contributed by atoms with Crippen LogP contribution in [0.1, 0.15) is 44.2 Å². The lowest BCUT2D eigenvalue weighted by atomic mass is 9.85. The van der Waals surface area contributed by atoms with E-state index in [0.717, 1.165) is 18.2 Å². The SMILES string of the molecule is CCOC1(C(NN)c2cccc3ccncc23)CCCC1. The Bertz CT molecular complexity index is 603. The molecule has 1 aromatic heterocycles. The third-order valence-corrected chi connectivity index (χ3v) is 4.60. The quantitative estimate of drug-likeness (QED) is 0.654. The van der Waals surface area contributed by atoms with E-state index < -0.39 is 0 Å². The van der Waals surface area contributed by atoms with Crippen LogP contribution < -0.4 is 11.3 Å². The fourth-order valence-electron chi connectivity index (χ4n) is 3.69. The summed E-state index contributed by atoms with van der Waals surface area (Å²) in [7, 11) is 0. The first kappa shape index (κ1) is 14.4. The molecule has 1 atom stereocenters. The minimum atomic E-state index is -0.201. The molecule has 0 spiro atoms. The maximum atomic E-state index is 6.18. The Morgan fingerprint density at radius 1 is 1.33 bits per heavy atom. The van der Waals surface area contributed by atoms with Crippen LogP contribution in [0, 0.1) is 0 Å². The number of rotatable bonds is 5. The zero-order chi connectivity index (χ0) is 14.7. The van der Waals surface area contributed by atoms with Gasteiger partial charge in [0.15, 0.2) is 0 Å². The maximum Gasteiger partial charge on any atom is 0.0889 e. The lowest BCUT2D eigenvalue weighted by Crippen LogP contribution is -2.47. The minimum Gasteiger partial charge on any atom is -0.373 e. The van der Waals surface area contributed by atoms with Crippen molar-refractivity contribution in [1.29, 1.82) is 0 Å². The van der Waals surface area contributed by atoms with Gasteiger partial charge in [-0.2, -0.15) is 0 Å². The van der Waals surface area contributed by atoms with Crippen molar-refractivity contribution >= 4 is 10.8 Å². The summed E-state index contributed by atoms with van der Waals surface area (Å²) in [5.74, 6) is 5.94. The average Bonchev–Trinajstić information content (AvgIpc) is 2.98. The standard InChI is InChI=1S/C17H23N3O/c1-2-21-17(9-3-4-10-17)16(20-18)14-7-5-6-13-8-11-19-12-15(13)14/h5-8,11-12,16,20H,2-4,9-10,18H2,1H3. The summed E-state index contributed by atoms with van der Waals surface area (Å²) in [4.78, 5) is 4.28. The van der Waals surface area contributed by atoms with Gasteiger partial charge in [0.1, 0.15) is 0 Å². The Morgan fingerprint density at radius 3 is 2.86 bits per heavy atom. The number of nitrogens with zero attached hydrogens (tertiary/aromatic N) is 1. The van der Waals surface area contributed by atoms with Crippen LogP contribution in [-0.4, -0.2) is 17.2 Å². The molecule has 0 saturated heterocycles. The molecule has 3 rings (SSSR count). The van der Waals surface area contributed by atoms with E-state index in [1.807, 2.05) is 18.5 Å². The van der Waals surface area contributed by atoms with E-state index in [1.54, 1.807) is 0 Å². The van der Waals surface area contributed by atoms with Crippen LogP contribution in [0.15, 0.2) is 36.7 Å². The predicted octanol–water partition coefficient (Wildman–Crippen LogP) is 3.09. The molecule has 21 heavy (non-hydrogen) atoms. The van der Waals surface area contributed by atoms with Gasteiger partial charge in [-0.05, 0) is 36.8 Å². The van der Waals surface area contributed by atoms with Crippen molar-refractivity contribution in [2.75, 3.05) is 6.61 Å². The summed E-state index contributed by atoms with van der Waals surface area (Å²) in [5.41, 5.74) is 4.00. The molecule has 2 aromatic rings. The second-order valence-corrected chi connectivity index (χ2v) is 5.75. The van der Waals surface area contributed by atoms with Crippen LogP contribution >= 0.6 is 0 Å². The first-order valence-electron chi connectivity index (χ1n) is 7.73. The van der Waals surface area contributed by atoms with Gasteiger partial charge in [0.05, 0.1) is 11.6 Å². The number of benzene rings is 1. The van der Waals surface area contributed by atoms with Crippen LogP contribution in [0.25, 0.3) is 10.8 Å². The molecule has 4 nitrogen and oxygen atoms in total. The summed E-state index contributed by atoms with van der Waals surface area (Å²) < 4.78 is 6.18. The van der Waals surface area contributed by atoms with Crippen molar-refractivity contribution < 1.29 is 4.74 Å². The number of ether oxygens (including phenoxy) is 1. The summed E-state index contributed by atoms with van der Waals surface area (Å²) in [5, 5.41) is 2.33. The molecule has 0 bridgehead atoms. The van der Waals surface area contributed by atoms with Gasteiger partial charge in [-0.15, -0.1) is 0 Å². The summed E-state index contributed by atoms with van der Waals surface area (Å²) >= 11 is 0. The monoisotopic (exact) mass is 285 g/mol. The first-order valence-corrected chi connectivity index (χ1v) is 7.73. The van der Waals surface area contributed by atoms with Crippen LogP contribution in [0.2, 0.25) is 0 Å². The molecular weight excluding hydrogens is 262 g/mol. The number of pyridine rings is 1. The Kier molecular flexibility index (Phi) is 4.19. The zero-order valence-corrected chi connectivity index (χ0v) is 12.5. The van der Waals surface area contributed by atoms with Crippen LogP contribution in [0.3, 0.4) is 0 Å². The van der Waals surface area contributed by atoms with Crippen LogP contribution in [0.4, 0.5) is 0 Å². The first-order chi connectivity index (χ1) is 10.3. The van der Waals surface area contributed by atoms with E-state index >= 15 is 0 Å². The molecule has 1 aliphatic rings. The molecule has 1 fully saturated rings. The summed E-state index contributed by atoms with van der Waals surface area (Å²) in [6.07, 6.45) is 8.23. The Balaban J connectivity index is 2.09. The van der Waals surface area contributed by atoms with Crippen molar-refractivity contribution in [3.63, 3.8) is 0 Å². The number of nitrogens with two attached hydrogens (primary N) is 1. The topological polar surface area (TPSA) is 60.2 Å². The zero-order valence-electron chi connectivity index (χ0n) is 12.5. The normalized spacial score (nSPS) is 19.0. The molecule has 1 heterocycles. The molecule has 1 aromatic carbocycles. The molecule has 1 aliphatic carbocycles. The molecule has 112 valence electrons. The maximum absolute atomic E-state index is 6.18. The number of hydrogen-bond acceptors (Lipinski definition) is 4. The van der Waals surface area contributed by atoms with Gasteiger partial charge in [-0.3, -0.25) is 16.3 Å². The van der Waals surface area contributed by atoms with Crippen molar-refractivity contribution in [3.8, 4) is 0 Å². The molecule has 4 heteroatoms. The predicted molar refractivity (Wildman–Crippen MR) is 84.6 cm³/mol. The van der Waals surface area contributed by atoms with Gasteiger partial charge in [-0.1, -0.05) is 31.0 Å². The third kappa shape index (κ3) is 2.55. The second kappa shape index (κ2) is 6.10.